The summed E-state index contributed by atoms with van der Waals surface area (Å²) in [7, 11) is -0.989. The molecule has 128 valence electrons. The van der Waals surface area contributed by atoms with E-state index in [4.69, 9.17) is 4.74 Å². The molecule has 1 atom stereocenters. The molecule has 24 heavy (non-hydrogen) atoms. The highest BCUT2D eigenvalue weighted by atomic mass is 32.2. The summed E-state index contributed by atoms with van der Waals surface area (Å²) in [6, 6.07) is 15.4. The van der Waals surface area contributed by atoms with Crippen LogP contribution in [0.3, 0.4) is 0 Å². The van der Waals surface area contributed by atoms with Gasteiger partial charge in [0.05, 0.1) is 0 Å². The Kier molecular flexibility index (Phi) is 7.00. The summed E-state index contributed by atoms with van der Waals surface area (Å²) >= 11 is 0. The molecule has 0 aliphatic rings. The van der Waals surface area contributed by atoms with Crippen LogP contribution in [-0.2, 0) is 21.3 Å². The predicted octanol–water partition coefficient (Wildman–Crippen LogP) is 2.75. The van der Waals surface area contributed by atoms with E-state index < -0.39 is 10.8 Å². The molecule has 2 aromatic rings. The van der Waals surface area contributed by atoms with Crippen molar-refractivity contribution in [2.24, 2.45) is 0 Å². The van der Waals surface area contributed by atoms with Crippen LogP contribution in [0.25, 0.3) is 0 Å². The number of rotatable bonds is 8. The third kappa shape index (κ3) is 6.16. The molecule has 4 nitrogen and oxygen atoms in total. The van der Waals surface area contributed by atoms with E-state index in [9.17, 15) is 9.00 Å². The lowest BCUT2D eigenvalue weighted by atomic mass is 10.1. The molecule has 0 aromatic heterocycles. The van der Waals surface area contributed by atoms with Crippen LogP contribution in [0.15, 0.2) is 48.5 Å². The minimum atomic E-state index is -0.989. The Bertz CT molecular complexity index is 701. The van der Waals surface area contributed by atoms with E-state index >= 15 is 0 Å². The van der Waals surface area contributed by atoms with Gasteiger partial charge in [0.15, 0.2) is 6.61 Å². The number of benzene rings is 2. The lowest BCUT2D eigenvalue weighted by molar-refractivity contribution is -0.122. The molecular weight excluding hydrogens is 322 g/mol. The van der Waals surface area contributed by atoms with Crippen LogP contribution in [-0.4, -0.2) is 29.0 Å². The number of nitrogens with one attached hydrogen (secondary N) is 1. The van der Waals surface area contributed by atoms with Crippen molar-refractivity contribution in [1.82, 2.24) is 5.32 Å². The first-order chi connectivity index (χ1) is 11.5. The highest BCUT2D eigenvalue weighted by molar-refractivity contribution is 7.84. The van der Waals surface area contributed by atoms with E-state index in [1.54, 1.807) is 0 Å². The van der Waals surface area contributed by atoms with Crippen LogP contribution in [0.1, 0.15) is 16.7 Å². The van der Waals surface area contributed by atoms with Gasteiger partial charge >= 0.3 is 0 Å². The van der Waals surface area contributed by atoms with Crippen LogP contribution in [0.2, 0.25) is 0 Å². The van der Waals surface area contributed by atoms with Gasteiger partial charge in [-0.1, -0.05) is 36.4 Å². The van der Waals surface area contributed by atoms with Crippen molar-refractivity contribution in [2.45, 2.75) is 19.6 Å². The highest BCUT2D eigenvalue weighted by Gasteiger charge is 2.06. The second kappa shape index (κ2) is 9.23. The first-order valence-corrected chi connectivity index (χ1v) is 9.39. The minimum Gasteiger partial charge on any atom is -0.484 e. The number of hydrogen-bond donors (Lipinski definition) is 1. The summed E-state index contributed by atoms with van der Waals surface area (Å²) in [5.41, 5.74) is 3.36. The van der Waals surface area contributed by atoms with E-state index in [-0.39, 0.29) is 12.5 Å². The molecule has 0 radical (unpaired) electrons. The monoisotopic (exact) mass is 345 g/mol. The van der Waals surface area contributed by atoms with E-state index in [0.29, 0.717) is 23.8 Å². The van der Waals surface area contributed by atoms with Gasteiger partial charge in [-0.25, -0.2) is 0 Å². The maximum atomic E-state index is 12.0. The van der Waals surface area contributed by atoms with Crippen LogP contribution in [0, 0.1) is 13.8 Å². The van der Waals surface area contributed by atoms with Gasteiger partial charge in [0.1, 0.15) is 5.75 Å². The SMILES string of the molecule is Cc1ccc(OCC(=O)NCC[S@](=O)Cc2ccccc2)cc1C. The lowest BCUT2D eigenvalue weighted by Gasteiger charge is -2.09. The quantitative estimate of drug-likeness (QED) is 0.800. The minimum absolute atomic E-state index is 0.0339. The first kappa shape index (κ1) is 18.2. The molecule has 0 spiro atoms. The van der Waals surface area contributed by atoms with Gasteiger partial charge < -0.3 is 10.1 Å². The summed E-state index contributed by atoms with van der Waals surface area (Å²) < 4.78 is 17.4. The van der Waals surface area contributed by atoms with Crippen LogP contribution in [0.5, 0.6) is 5.75 Å². The molecule has 2 rings (SSSR count). The van der Waals surface area contributed by atoms with Gasteiger partial charge in [0.25, 0.3) is 5.91 Å². The molecule has 5 heteroatoms. The average molecular weight is 345 g/mol. The molecule has 2 aromatic carbocycles. The van der Waals surface area contributed by atoms with Gasteiger partial charge in [0.2, 0.25) is 0 Å². The lowest BCUT2D eigenvalue weighted by Crippen LogP contribution is -2.32. The van der Waals surface area contributed by atoms with Crippen molar-refractivity contribution in [1.29, 1.82) is 0 Å². The largest absolute Gasteiger partial charge is 0.484 e. The molecular formula is C19H23NO3S. The average Bonchev–Trinajstić information content (AvgIpc) is 2.57. The number of aryl methyl sites for hydroxylation is 2. The molecule has 0 saturated carbocycles. The van der Waals surface area contributed by atoms with Gasteiger partial charge in [0, 0.05) is 28.9 Å². The van der Waals surface area contributed by atoms with Crippen molar-refractivity contribution in [3.8, 4) is 5.75 Å². The Morgan fingerprint density at radius 1 is 1.08 bits per heavy atom. The molecule has 0 fully saturated rings. The second-order valence-electron chi connectivity index (χ2n) is 5.66. The Hall–Kier alpha value is -2.14. The van der Waals surface area contributed by atoms with Crippen LogP contribution < -0.4 is 10.1 Å². The number of hydrogen-bond acceptors (Lipinski definition) is 3. The Balaban J connectivity index is 1.66. The van der Waals surface area contributed by atoms with E-state index in [1.165, 1.54) is 5.56 Å². The maximum Gasteiger partial charge on any atom is 0.257 e. The molecule has 1 amide bonds. The van der Waals surface area contributed by atoms with Gasteiger partial charge in [-0.05, 0) is 42.7 Å². The third-order valence-electron chi connectivity index (χ3n) is 3.67. The highest BCUT2D eigenvalue weighted by Crippen LogP contribution is 2.16. The van der Waals surface area contributed by atoms with E-state index in [2.05, 4.69) is 5.32 Å². The number of amides is 1. The maximum absolute atomic E-state index is 12.0. The standard InChI is InChI=1S/C19H23NO3S/c1-15-8-9-18(12-16(15)2)23-13-19(21)20-10-11-24(22)14-17-6-4-3-5-7-17/h3-9,12H,10-11,13-14H2,1-2H3,(H,20,21)/t24-/m0/s1. The number of ether oxygens (including phenoxy) is 1. The summed E-state index contributed by atoms with van der Waals surface area (Å²) in [4.78, 5) is 11.8. The summed E-state index contributed by atoms with van der Waals surface area (Å²) in [5.74, 6) is 1.42. The predicted molar refractivity (Wildman–Crippen MR) is 97.6 cm³/mol. The van der Waals surface area contributed by atoms with Crippen molar-refractivity contribution in [3.05, 3.63) is 65.2 Å². The number of carbonyl (C=O) groups excluding carboxylic acids is 1. The van der Waals surface area contributed by atoms with Gasteiger partial charge in [-0.2, -0.15) is 0 Å². The smallest absolute Gasteiger partial charge is 0.257 e. The molecule has 0 saturated heterocycles. The summed E-state index contributed by atoms with van der Waals surface area (Å²) in [6.07, 6.45) is 0. The molecule has 0 aliphatic carbocycles. The topological polar surface area (TPSA) is 55.4 Å². The van der Waals surface area contributed by atoms with Crippen LogP contribution >= 0.6 is 0 Å². The first-order valence-electron chi connectivity index (χ1n) is 7.90. The summed E-state index contributed by atoms with van der Waals surface area (Å²) in [5, 5.41) is 2.74. The van der Waals surface area contributed by atoms with Gasteiger partial charge in [-0.15, -0.1) is 0 Å². The third-order valence-corrected chi connectivity index (χ3v) is 4.99. The van der Waals surface area contributed by atoms with Crippen LogP contribution in [0.4, 0.5) is 0 Å². The van der Waals surface area contributed by atoms with E-state index in [1.807, 2.05) is 62.4 Å². The molecule has 0 heterocycles. The Labute approximate surface area is 145 Å². The number of carbonyl (C=O) groups is 1. The zero-order chi connectivity index (χ0) is 17.4. The summed E-state index contributed by atoms with van der Waals surface area (Å²) in [6.45, 7) is 4.38. The van der Waals surface area contributed by atoms with Crippen molar-refractivity contribution in [2.75, 3.05) is 18.9 Å². The zero-order valence-corrected chi connectivity index (χ0v) is 14.9. The fraction of sp³-hybridized carbons (Fsp3) is 0.316. The van der Waals surface area contributed by atoms with E-state index in [0.717, 1.165) is 11.1 Å². The Morgan fingerprint density at radius 3 is 2.54 bits per heavy atom. The molecule has 0 bridgehead atoms. The second-order valence-corrected chi connectivity index (χ2v) is 7.24. The Morgan fingerprint density at radius 2 is 1.83 bits per heavy atom. The molecule has 0 aliphatic heterocycles. The van der Waals surface area contributed by atoms with Crippen molar-refractivity contribution < 1.29 is 13.7 Å². The molecule has 0 unspecified atom stereocenters. The van der Waals surface area contributed by atoms with Gasteiger partial charge in [-0.3, -0.25) is 9.00 Å². The normalized spacial score (nSPS) is 11.8. The zero-order valence-electron chi connectivity index (χ0n) is 14.1. The fourth-order valence-corrected chi connectivity index (χ4v) is 3.18. The fourth-order valence-electron chi connectivity index (χ4n) is 2.14. The molecule has 1 N–H and O–H groups in total. The van der Waals surface area contributed by atoms with Crippen molar-refractivity contribution in [3.63, 3.8) is 0 Å². The van der Waals surface area contributed by atoms with Crippen molar-refractivity contribution >= 4 is 16.7 Å².